The van der Waals surface area contributed by atoms with E-state index in [1.54, 1.807) is 33.5 Å². The van der Waals surface area contributed by atoms with Crippen molar-refractivity contribution < 1.29 is 41.9 Å². The number of methoxy groups -OCH3 is 3. The van der Waals surface area contributed by atoms with Gasteiger partial charge in [0.25, 0.3) is 0 Å². The second-order valence-electron chi connectivity index (χ2n) is 8.42. The van der Waals surface area contributed by atoms with Crippen molar-refractivity contribution in [2.24, 2.45) is 0 Å². The lowest BCUT2D eigenvalue weighted by molar-refractivity contribution is 0.0435. The molecule has 10 heteroatoms. The SMILES string of the molecule is CCCOc1c(OCC#CCO)cc(C2CCC(c3cc(OC)c(OC)c(OC)c3)O2)cc1S(C)(=O)=O. The predicted octanol–water partition coefficient (Wildman–Crippen LogP) is 3.87. The number of hydrogen-bond donors (Lipinski definition) is 1. The molecule has 0 radical (unpaired) electrons. The largest absolute Gasteiger partial charge is 0.493 e. The maximum absolute atomic E-state index is 12.7. The molecule has 2 unspecified atom stereocenters. The summed E-state index contributed by atoms with van der Waals surface area (Å²) < 4.78 is 59.8. The molecule has 0 aliphatic carbocycles. The third-order valence-corrected chi connectivity index (χ3v) is 6.95. The van der Waals surface area contributed by atoms with Crippen LogP contribution in [0.4, 0.5) is 0 Å². The highest BCUT2D eigenvalue weighted by atomic mass is 32.2. The van der Waals surface area contributed by atoms with E-state index in [1.807, 2.05) is 19.1 Å². The van der Waals surface area contributed by atoms with Crippen molar-refractivity contribution in [1.82, 2.24) is 0 Å². The highest BCUT2D eigenvalue weighted by Crippen LogP contribution is 2.47. The van der Waals surface area contributed by atoms with E-state index in [0.29, 0.717) is 48.7 Å². The topological polar surface area (TPSA) is 110 Å². The van der Waals surface area contributed by atoms with Gasteiger partial charge in [0.15, 0.2) is 32.8 Å². The molecule has 3 rings (SSSR count). The van der Waals surface area contributed by atoms with Crippen molar-refractivity contribution in [3.8, 4) is 40.6 Å². The maximum atomic E-state index is 12.7. The molecule has 9 nitrogen and oxygen atoms in total. The fourth-order valence-corrected chi connectivity index (χ4v) is 4.99. The minimum atomic E-state index is -3.65. The van der Waals surface area contributed by atoms with Crippen LogP contribution in [0.25, 0.3) is 0 Å². The van der Waals surface area contributed by atoms with Gasteiger partial charge in [-0.15, -0.1) is 0 Å². The minimum absolute atomic E-state index is 0.0309. The summed E-state index contributed by atoms with van der Waals surface area (Å²) in [5.74, 6) is 7.16. The Morgan fingerprint density at radius 1 is 0.892 bits per heavy atom. The number of rotatable bonds is 11. The van der Waals surface area contributed by atoms with E-state index in [0.717, 1.165) is 11.8 Å². The molecule has 2 aromatic rings. The maximum Gasteiger partial charge on any atom is 0.203 e. The van der Waals surface area contributed by atoms with Gasteiger partial charge >= 0.3 is 0 Å². The Morgan fingerprint density at radius 3 is 2.00 bits per heavy atom. The van der Waals surface area contributed by atoms with Crippen molar-refractivity contribution in [3.05, 3.63) is 35.4 Å². The zero-order chi connectivity index (χ0) is 27.0. The van der Waals surface area contributed by atoms with Crippen LogP contribution in [0.15, 0.2) is 29.2 Å². The van der Waals surface area contributed by atoms with Crippen molar-refractivity contribution in [2.45, 2.75) is 43.3 Å². The number of benzene rings is 2. The summed E-state index contributed by atoms with van der Waals surface area (Å²) in [4.78, 5) is 0.0309. The van der Waals surface area contributed by atoms with E-state index in [9.17, 15) is 8.42 Å². The van der Waals surface area contributed by atoms with Gasteiger partial charge in [0.1, 0.15) is 18.1 Å². The smallest absolute Gasteiger partial charge is 0.203 e. The quantitative estimate of drug-likeness (QED) is 0.430. The fourth-order valence-electron chi connectivity index (χ4n) is 4.15. The molecular weight excluding hydrogens is 500 g/mol. The summed E-state index contributed by atoms with van der Waals surface area (Å²) in [6.07, 6.45) is 2.53. The van der Waals surface area contributed by atoms with Crippen LogP contribution in [0.1, 0.15) is 49.5 Å². The fraction of sp³-hybridized carbons (Fsp3) is 0.481. The van der Waals surface area contributed by atoms with Gasteiger partial charge in [-0.25, -0.2) is 8.42 Å². The van der Waals surface area contributed by atoms with Crippen LogP contribution in [-0.4, -0.2) is 60.9 Å². The van der Waals surface area contributed by atoms with E-state index in [2.05, 4.69) is 11.8 Å². The molecule has 0 bridgehead atoms. The van der Waals surface area contributed by atoms with E-state index < -0.39 is 9.84 Å². The standard InChI is InChI=1S/C27H34O9S/c1-6-12-35-27-24(34-13-8-7-11-28)16-19(17-25(27)37(5,29)30)21-10-9-20(36-21)18-14-22(31-2)26(33-4)23(15-18)32-3/h14-17,20-21,28H,6,9-13H2,1-5H3. The van der Waals surface area contributed by atoms with E-state index >= 15 is 0 Å². The van der Waals surface area contributed by atoms with Crippen LogP contribution in [0.5, 0.6) is 28.7 Å². The van der Waals surface area contributed by atoms with Gasteiger partial charge in [0, 0.05) is 6.26 Å². The number of aliphatic hydroxyl groups excluding tert-OH is 1. The van der Waals surface area contributed by atoms with Crippen LogP contribution in [0.2, 0.25) is 0 Å². The van der Waals surface area contributed by atoms with Gasteiger partial charge in [-0.2, -0.15) is 0 Å². The average molecular weight is 535 g/mol. The van der Waals surface area contributed by atoms with Gasteiger partial charge in [0.05, 0.1) is 40.1 Å². The molecule has 37 heavy (non-hydrogen) atoms. The Kier molecular flexibility index (Phi) is 9.92. The number of sulfone groups is 1. The number of hydrogen-bond acceptors (Lipinski definition) is 9. The van der Waals surface area contributed by atoms with Gasteiger partial charge in [-0.1, -0.05) is 18.8 Å². The Labute approximate surface area is 218 Å². The lowest BCUT2D eigenvalue weighted by atomic mass is 10.0. The van der Waals surface area contributed by atoms with Crippen LogP contribution in [0, 0.1) is 11.8 Å². The molecule has 1 N–H and O–H groups in total. The molecular formula is C27H34O9S. The first-order valence-electron chi connectivity index (χ1n) is 11.9. The lowest BCUT2D eigenvalue weighted by Gasteiger charge is -2.20. The highest BCUT2D eigenvalue weighted by molar-refractivity contribution is 7.90. The Morgan fingerprint density at radius 2 is 1.49 bits per heavy atom. The van der Waals surface area contributed by atoms with Gasteiger partial charge < -0.3 is 33.5 Å². The molecule has 0 aromatic heterocycles. The Hall–Kier alpha value is -3.13. The van der Waals surface area contributed by atoms with Gasteiger partial charge in [-0.3, -0.25) is 0 Å². The number of ether oxygens (including phenoxy) is 6. The van der Waals surface area contributed by atoms with E-state index in [4.69, 9.17) is 33.5 Å². The van der Waals surface area contributed by atoms with Crippen molar-refractivity contribution in [2.75, 3.05) is 47.4 Å². The van der Waals surface area contributed by atoms with Crippen molar-refractivity contribution in [1.29, 1.82) is 0 Å². The molecule has 2 aromatic carbocycles. The molecule has 1 fully saturated rings. The number of aliphatic hydroxyl groups is 1. The highest BCUT2D eigenvalue weighted by Gasteiger charge is 2.32. The lowest BCUT2D eigenvalue weighted by Crippen LogP contribution is -2.09. The summed E-state index contributed by atoms with van der Waals surface area (Å²) in [6.45, 7) is 1.92. The normalized spacial score (nSPS) is 17.0. The summed E-state index contributed by atoms with van der Waals surface area (Å²) in [5, 5.41) is 8.91. The predicted molar refractivity (Wildman–Crippen MR) is 138 cm³/mol. The average Bonchev–Trinajstić information content (AvgIpc) is 3.38. The molecule has 1 aliphatic heterocycles. The first-order chi connectivity index (χ1) is 17.8. The molecule has 0 amide bonds. The first kappa shape index (κ1) is 28.4. The van der Waals surface area contributed by atoms with Crippen LogP contribution in [0.3, 0.4) is 0 Å². The molecule has 1 heterocycles. The first-order valence-corrected chi connectivity index (χ1v) is 13.8. The Bertz CT molecular complexity index is 1220. The molecule has 202 valence electrons. The van der Waals surface area contributed by atoms with E-state index in [-0.39, 0.29) is 41.8 Å². The monoisotopic (exact) mass is 534 g/mol. The molecule has 0 saturated carbocycles. The zero-order valence-electron chi connectivity index (χ0n) is 21.8. The molecule has 1 saturated heterocycles. The Balaban J connectivity index is 1.98. The summed E-state index contributed by atoms with van der Waals surface area (Å²) in [7, 11) is 1.01. The van der Waals surface area contributed by atoms with E-state index in [1.165, 1.54) is 0 Å². The third-order valence-electron chi connectivity index (χ3n) is 5.85. The van der Waals surface area contributed by atoms with Gasteiger partial charge in [0.2, 0.25) is 5.75 Å². The van der Waals surface area contributed by atoms with Gasteiger partial charge in [-0.05, 0) is 54.7 Å². The third kappa shape index (κ3) is 6.80. The minimum Gasteiger partial charge on any atom is -0.493 e. The van der Waals surface area contributed by atoms with Crippen molar-refractivity contribution in [3.63, 3.8) is 0 Å². The van der Waals surface area contributed by atoms with Crippen LogP contribution >= 0.6 is 0 Å². The summed E-state index contributed by atoms with van der Waals surface area (Å²) in [6, 6.07) is 7.04. The summed E-state index contributed by atoms with van der Waals surface area (Å²) in [5.41, 5.74) is 1.52. The van der Waals surface area contributed by atoms with Crippen molar-refractivity contribution >= 4 is 9.84 Å². The zero-order valence-corrected chi connectivity index (χ0v) is 22.6. The second kappa shape index (κ2) is 12.9. The molecule has 0 spiro atoms. The van der Waals surface area contributed by atoms with Crippen LogP contribution in [-0.2, 0) is 14.6 Å². The summed E-state index contributed by atoms with van der Waals surface area (Å²) >= 11 is 0. The molecule has 1 aliphatic rings. The molecule has 2 atom stereocenters. The van der Waals surface area contributed by atoms with Crippen LogP contribution < -0.4 is 23.7 Å². The second-order valence-corrected chi connectivity index (χ2v) is 10.4.